The topological polar surface area (TPSA) is 92.5 Å². The lowest BCUT2D eigenvalue weighted by molar-refractivity contribution is -0.385. The van der Waals surface area contributed by atoms with E-state index in [2.05, 4.69) is 5.32 Å². The normalized spacial score (nSPS) is 10.2. The second kappa shape index (κ2) is 5.80. The van der Waals surface area contributed by atoms with Gasteiger partial charge in [0.1, 0.15) is 16.3 Å². The Kier molecular flexibility index (Phi) is 4.09. The van der Waals surface area contributed by atoms with Crippen molar-refractivity contribution in [3.8, 4) is 5.75 Å². The number of para-hydroxylation sites is 1. The number of nitrogens with zero attached hydrogens (tertiary/aromatic N) is 1. The maximum Gasteiger partial charge on any atom is 0.300 e. The van der Waals surface area contributed by atoms with Gasteiger partial charge in [0.25, 0.3) is 5.91 Å². The smallest absolute Gasteiger partial charge is 0.300 e. The van der Waals surface area contributed by atoms with Crippen LogP contribution in [0.15, 0.2) is 36.4 Å². The number of hydrogen-bond acceptors (Lipinski definition) is 4. The number of benzene rings is 2. The summed E-state index contributed by atoms with van der Waals surface area (Å²) in [6.07, 6.45) is 0. The van der Waals surface area contributed by atoms with Crippen molar-refractivity contribution in [1.29, 1.82) is 0 Å². The van der Waals surface area contributed by atoms with E-state index in [9.17, 15) is 20.0 Å². The Hall–Kier alpha value is -2.60. The molecule has 21 heavy (non-hydrogen) atoms. The summed E-state index contributed by atoms with van der Waals surface area (Å²) >= 11 is 5.76. The number of nitro groups is 1. The average molecular weight is 307 g/mol. The molecular weight excluding hydrogens is 296 g/mol. The van der Waals surface area contributed by atoms with E-state index in [-0.39, 0.29) is 16.3 Å². The van der Waals surface area contributed by atoms with E-state index < -0.39 is 16.5 Å². The van der Waals surface area contributed by atoms with Crippen LogP contribution in [0.1, 0.15) is 15.9 Å². The van der Waals surface area contributed by atoms with Crippen LogP contribution in [0.5, 0.6) is 5.75 Å². The standard InChI is InChI=1S/C14H11ClN2O4/c1-8-5-6-9(7-12(8)18)16-14(19)10-3-2-4-11(15)13(10)17(20)21/h2-7,18H,1H3,(H,16,19). The third-order valence-corrected chi connectivity index (χ3v) is 3.19. The molecule has 0 aliphatic carbocycles. The van der Waals surface area contributed by atoms with Gasteiger partial charge in [-0.1, -0.05) is 23.7 Å². The highest BCUT2D eigenvalue weighted by molar-refractivity contribution is 6.33. The van der Waals surface area contributed by atoms with Crippen molar-refractivity contribution in [2.45, 2.75) is 6.92 Å². The molecule has 6 nitrogen and oxygen atoms in total. The van der Waals surface area contributed by atoms with Crippen molar-refractivity contribution < 1.29 is 14.8 Å². The summed E-state index contributed by atoms with van der Waals surface area (Å²) < 4.78 is 0. The van der Waals surface area contributed by atoms with Gasteiger partial charge in [-0.05, 0) is 30.7 Å². The first-order valence-corrected chi connectivity index (χ1v) is 6.32. The molecule has 2 aromatic carbocycles. The Labute approximate surface area is 125 Å². The van der Waals surface area contributed by atoms with Gasteiger partial charge in [0.15, 0.2) is 0 Å². The number of carbonyl (C=O) groups is 1. The molecule has 2 N–H and O–H groups in total. The Morgan fingerprint density at radius 2 is 2.05 bits per heavy atom. The summed E-state index contributed by atoms with van der Waals surface area (Å²) in [7, 11) is 0. The lowest BCUT2D eigenvalue weighted by atomic mass is 10.1. The van der Waals surface area contributed by atoms with Gasteiger partial charge in [0.05, 0.1) is 4.92 Å². The van der Waals surface area contributed by atoms with Crippen LogP contribution in [-0.2, 0) is 0 Å². The Morgan fingerprint density at radius 3 is 2.67 bits per heavy atom. The predicted molar refractivity (Wildman–Crippen MR) is 78.9 cm³/mol. The molecule has 0 spiro atoms. The van der Waals surface area contributed by atoms with E-state index in [0.717, 1.165) is 0 Å². The number of aryl methyl sites for hydroxylation is 1. The quantitative estimate of drug-likeness (QED) is 0.670. The summed E-state index contributed by atoms with van der Waals surface area (Å²) in [5.74, 6) is -0.652. The number of nitro benzene ring substituents is 1. The fourth-order valence-corrected chi connectivity index (χ4v) is 2.01. The summed E-state index contributed by atoms with van der Waals surface area (Å²) in [6.45, 7) is 1.71. The largest absolute Gasteiger partial charge is 0.508 e. The van der Waals surface area contributed by atoms with Crippen molar-refractivity contribution in [2.75, 3.05) is 5.32 Å². The lowest BCUT2D eigenvalue weighted by Crippen LogP contribution is -2.14. The summed E-state index contributed by atoms with van der Waals surface area (Å²) in [4.78, 5) is 22.4. The molecule has 0 aromatic heterocycles. The second-order valence-corrected chi connectivity index (χ2v) is 4.76. The average Bonchev–Trinajstić information content (AvgIpc) is 2.42. The van der Waals surface area contributed by atoms with Crippen molar-refractivity contribution in [3.63, 3.8) is 0 Å². The van der Waals surface area contributed by atoms with Gasteiger partial charge in [-0.3, -0.25) is 14.9 Å². The van der Waals surface area contributed by atoms with Gasteiger partial charge in [0, 0.05) is 11.8 Å². The molecule has 0 radical (unpaired) electrons. The number of rotatable bonds is 3. The second-order valence-electron chi connectivity index (χ2n) is 4.35. The van der Waals surface area contributed by atoms with Crippen LogP contribution in [0, 0.1) is 17.0 Å². The first kappa shape index (κ1) is 14.8. The van der Waals surface area contributed by atoms with Crippen LogP contribution in [-0.4, -0.2) is 15.9 Å². The molecule has 0 fully saturated rings. The van der Waals surface area contributed by atoms with Gasteiger partial charge in [-0.2, -0.15) is 0 Å². The SMILES string of the molecule is Cc1ccc(NC(=O)c2cccc(Cl)c2[N+](=O)[O-])cc1O. The molecule has 0 aliphatic heterocycles. The minimum absolute atomic E-state index is 0.0217. The molecule has 0 unspecified atom stereocenters. The van der Waals surface area contributed by atoms with Crippen LogP contribution in [0.25, 0.3) is 0 Å². The zero-order chi connectivity index (χ0) is 15.6. The van der Waals surface area contributed by atoms with Crippen LogP contribution < -0.4 is 5.32 Å². The molecule has 2 rings (SSSR count). The molecule has 0 saturated heterocycles. The highest BCUT2D eigenvalue weighted by atomic mass is 35.5. The van der Waals surface area contributed by atoms with Crippen molar-refractivity contribution >= 4 is 28.9 Å². The van der Waals surface area contributed by atoms with Crippen LogP contribution in [0.4, 0.5) is 11.4 Å². The van der Waals surface area contributed by atoms with Gasteiger partial charge in [-0.15, -0.1) is 0 Å². The first-order chi connectivity index (χ1) is 9.90. The number of aromatic hydroxyl groups is 1. The van der Waals surface area contributed by atoms with Gasteiger partial charge in [-0.25, -0.2) is 0 Å². The summed E-state index contributed by atoms with van der Waals surface area (Å²) in [6, 6.07) is 8.68. The number of anilines is 1. The first-order valence-electron chi connectivity index (χ1n) is 5.94. The van der Waals surface area contributed by atoms with E-state index in [1.807, 2.05) is 0 Å². The highest BCUT2D eigenvalue weighted by Gasteiger charge is 2.23. The fraction of sp³-hybridized carbons (Fsp3) is 0.0714. The number of hydrogen-bond donors (Lipinski definition) is 2. The van der Waals surface area contributed by atoms with E-state index in [1.165, 1.54) is 24.3 Å². The van der Waals surface area contributed by atoms with Gasteiger partial charge >= 0.3 is 5.69 Å². The predicted octanol–water partition coefficient (Wildman–Crippen LogP) is 3.51. The fourth-order valence-electron chi connectivity index (χ4n) is 1.77. The summed E-state index contributed by atoms with van der Waals surface area (Å²) in [5.41, 5.74) is 0.389. The van der Waals surface area contributed by atoms with Crippen molar-refractivity contribution in [1.82, 2.24) is 0 Å². The lowest BCUT2D eigenvalue weighted by Gasteiger charge is -2.08. The zero-order valence-electron chi connectivity index (χ0n) is 11.0. The summed E-state index contributed by atoms with van der Waals surface area (Å²) in [5, 5.41) is 23.0. The molecular formula is C14H11ClN2O4. The van der Waals surface area contributed by atoms with Crippen LogP contribution in [0.3, 0.4) is 0 Å². The van der Waals surface area contributed by atoms with Crippen LogP contribution in [0.2, 0.25) is 5.02 Å². The number of carbonyl (C=O) groups excluding carboxylic acids is 1. The Bertz CT molecular complexity index is 731. The van der Waals surface area contributed by atoms with E-state index in [1.54, 1.807) is 19.1 Å². The van der Waals surface area contributed by atoms with Crippen LogP contribution >= 0.6 is 11.6 Å². The minimum Gasteiger partial charge on any atom is -0.508 e. The monoisotopic (exact) mass is 306 g/mol. The third kappa shape index (κ3) is 3.11. The molecule has 7 heteroatoms. The highest BCUT2D eigenvalue weighted by Crippen LogP contribution is 2.29. The molecule has 108 valence electrons. The zero-order valence-corrected chi connectivity index (χ0v) is 11.7. The number of phenolic OH excluding ortho intramolecular Hbond substituents is 1. The maximum atomic E-state index is 12.1. The molecule has 0 aliphatic rings. The van der Waals surface area contributed by atoms with E-state index in [4.69, 9.17) is 11.6 Å². The molecule has 0 heterocycles. The van der Waals surface area contributed by atoms with Crippen molar-refractivity contribution in [2.24, 2.45) is 0 Å². The van der Waals surface area contributed by atoms with E-state index in [0.29, 0.717) is 11.3 Å². The third-order valence-electron chi connectivity index (χ3n) is 2.88. The number of amides is 1. The molecule has 0 atom stereocenters. The molecule has 0 bridgehead atoms. The number of phenols is 1. The molecule has 2 aromatic rings. The Morgan fingerprint density at radius 1 is 1.33 bits per heavy atom. The number of halogens is 1. The number of nitrogens with one attached hydrogen (secondary N) is 1. The van der Waals surface area contributed by atoms with Gasteiger partial charge in [0.2, 0.25) is 0 Å². The molecule has 1 amide bonds. The molecule has 0 saturated carbocycles. The minimum atomic E-state index is -0.705. The van der Waals surface area contributed by atoms with E-state index >= 15 is 0 Å². The Balaban J connectivity index is 2.35. The maximum absolute atomic E-state index is 12.1. The van der Waals surface area contributed by atoms with Crippen molar-refractivity contribution in [3.05, 3.63) is 62.7 Å². The van der Waals surface area contributed by atoms with Gasteiger partial charge < -0.3 is 10.4 Å².